The van der Waals surface area contributed by atoms with E-state index in [1.54, 1.807) is 6.92 Å². The number of carbonyl (C=O) groups excluding carboxylic acids is 4. The monoisotopic (exact) mass is 630 g/mol. The summed E-state index contributed by atoms with van der Waals surface area (Å²) in [5, 5.41) is 23.7. The van der Waals surface area contributed by atoms with Gasteiger partial charge in [-0.25, -0.2) is 9.59 Å². The zero-order chi connectivity index (χ0) is 33.4. The average molecular weight is 631 g/mol. The third-order valence-corrected chi connectivity index (χ3v) is 6.12. The molecule has 0 aliphatic heterocycles. The van der Waals surface area contributed by atoms with Crippen molar-refractivity contribution in [2.75, 3.05) is 26.4 Å². The lowest BCUT2D eigenvalue weighted by molar-refractivity contribution is -0.157. The standard InChI is InChI=1S/C35H54N2O8/c1-3-5-6-7-8-9-10-11-12-13-14-15-16-17-18-19-20-24-32(40)36-27-22-21-23-31(35(43)45-30(28-38)29-39)37-33(41)25-26-34(42)44-4-2/h5-6,8-9,11-12,14-15,17-18,25-26,30-31,38-39H,3-4,7,10,13,16,19-24,27-29H2,1-2H3,(H,36,40)(H,37,41)/b6-5-,9-8-,12-11-,15-14-,18-17-,26-25+/t31-/m0/s1. The molecule has 0 aliphatic carbocycles. The van der Waals surface area contributed by atoms with Gasteiger partial charge in [0.25, 0.3) is 0 Å². The Labute approximate surface area is 269 Å². The van der Waals surface area contributed by atoms with Gasteiger partial charge in [-0.15, -0.1) is 0 Å². The van der Waals surface area contributed by atoms with Gasteiger partial charge in [0.15, 0.2) is 0 Å². The molecule has 0 unspecified atom stereocenters. The number of nitrogens with one attached hydrogen (secondary N) is 2. The van der Waals surface area contributed by atoms with Gasteiger partial charge >= 0.3 is 11.9 Å². The minimum atomic E-state index is -1.11. The Morgan fingerprint density at radius 3 is 1.87 bits per heavy atom. The van der Waals surface area contributed by atoms with Crippen LogP contribution < -0.4 is 10.6 Å². The fraction of sp³-hybridized carbons (Fsp3) is 0.543. The highest BCUT2D eigenvalue weighted by molar-refractivity contribution is 5.96. The summed E-state index contributed by atoms with van der Waals surface area (Å²) in [5.41, 5.74) is 0. The Kier molecular flexibility index (Phi) is 27.7. The van der Waals surface area contributed by atoms with Gasteiger partial charge in [0.1, 0.15) is 12.1 Å². The lowest BCUT2D eigenvalue weighted by atomic mass is 10.1. The van der Waals surface area contributed by atoms with Crippen molar-refractivity contribution >= 4 is 23.8 Å². The highest BCUT2D eigenvalue weighted by Crippen LogP contribution is 2.06. The average Bonchev–Trinajstić information content (AvgIpc) is 3.03. The number of ether oxygens (including phenoxy) is 2. The van der Waals surface area contributed by atoms with Crippen molar-refractivity contribution in [1.82, 2.24) is 10.6 Å². The largest absolute Gasteiger partial charge is 0.463 e. The van der Waals surface area contributed by atoms with Crippen LogP contribution >= 0.6 is 0 Å². The molecule has 0 aromatic carbocycles. The van der Waals surface area contributed by atoms with E-state index < -0.39 is 43.2 Å². The normalized spacial score (nSPS) is 12.8. The first-order chi connectivity index (χ1) is 21.9. The van der Waals surface area contributed by atoms with Crippen LogP contribution in [0, 0.1) is 0 Å². The van der Waals surface area contributed by atoms with Crippen LogP contribution in [0.25, 0.3) is 0 Å². The number of aliphatic hydroxyl groups is 2. The molecular formula is C35H54N2O8. The van der Waals surface area contributed by atoms with Crippen LogP contribution in [-0.4, -0.2) is 72.5 Å². The predicted molar refractivity (Wildman–Crippen MR) is 177 cm³/mol. The molecule has 10 heteroatoms. The molecule has 45 heavy (non-hydrogen) atoms. The van der Waals surface area contributed by atoms with Gasteiger partial charge in [0.2, 0.25) is 11.8 Å². The summed E-state index contributed by atoms with van der Waals surface area (Å²) in [6, 6.07) is -1.07. The lowest BCUT2D eigenvalue weighted by Gasteiger charge is -2.20. The molecule has 0 fully saturated rings. The second-order valence-corrected chi connectivity index (χ2v) is 10.0. The molecule has 0 saturated heterocycles. The second-order valence-electron chi connectivity index (χ2n) is 10.0. The van der Waals surface area contributed by atoms with Gasteiger partial charge in [0.05, 0.1) is 19.8 Å². The number of carbonyl (C=O) groups is 4. The summed E-state index contributed by atoms with van der Waals surface area (Å²) in [7, 11) is 0. The van der Waals surface area contributed by atoms with E-state index >= 15 is 0 Å². The molecule has 0 spiro atoms. The molecule has 0 aromatic rings. The zero-order valence-corrected chi connectivity index (χ0v) is 27.0. The first-order valence-corrected chi connectivity index (χ1v) is 16.0. The minimum absolute atomic E-state index is 0.0514. The maximum Gasteiger partial charge on any atom is 0.330 e. The van der Waals surface area contributed by atoms with E-state index in [2.05, 4.69) is 78.3 Å². The number of hydrogen-bond acceptors (Lipinski definition) is 8. The molecule has 0 rings (SSSR count). The van der Waals surface area contributed by atoms with E-state index in [1.807, 2.05) is 0 Å². The molecule has 0 aromatic heterocycles. The molecule has 0 saturated carbocycles. The van der Waals surface area contributed by atoms with Gasteiger partial charge < -0.3 is 30.3 Å². The first kappa shape index (κ1) is 41.2. The lowest BCUT2D eigenvalue weighted by Crippen LogP contribution is -2.43. The number of esters is 2. The van der Waals surface area contributed by atoms with Crippen molar-refractivity contribution in [3.8, 4) is 0 Å². The number of rotatable bonds is 26. The van der Waals surface area contributed by atoms with Gasteiger partial charge in [-0.1, -0.05) is 67.7 Å². The number of amides is 2. The summed E-state index contributed by atoms with van der Waals surface area (Å²) in [4.78, 5) is 48.2. The molecule has 0 aliphatic rings. The van der Waals surface area contributed by atoms with E-state index in [4.69, 9.17) is 9.47 Å². The summed E-state index contributed by atoms with van der Waals surface area (Å²) in [5.74, 6) is -2.26. The second kappa shape index (κ2) is 30.3. The highest BCUT2D eigenvalue weighted by atomic mass is 16.6. The van der Waals surface area contributed by atoms with Crippen LogP contribution in [0.5, 0.6) is 0 Å². The van der Waals surface area contributed by atoms with Crippen LogP contribution in [-0.2, 0) is 28.7 Å². The van der Waals surface area contributed by atoms with Crippen molar-refractivity contribution in [3.05, 3.63) is 72.9 Å². The predicted octanol–water partition coefficient (Wildman–Crippen LogP) is 4.70. The Balaban J connectivity index is 4.23. The maximum atomic E-state index is 12.5. The van der Waals surface area contributed by atoms with Gasteiger partial charge in [0, 0.05) is 25.1 Å². The highest BCUT2D eigenvalue weighted by Gasteiger charge is 2.24. The number of unbranched alkanes of at least 4 members (excludes halogenated alkanes) is 2. The van der Waals surface area contributed by atoms with Crippen LogP contribution in [0.15, 0.2) is 72.9 Å². The minimum Gasteiger partial charge on any atom is -0.463 e. The molecule has 10 nitrogen and oxygen atoms in total. The van der Waals surface area contributed by atoms with E-state index in [-0.39, 0.29) is 18.9 Å². The van der Waals surface area contributed by atoms with Crippen LogP contribution in [0.3, 0.4) is 0 Å². The van der Waals surface area contributed by atoms with E-state index in [9.17, 15) is 29.4 Å². The molecular weight excluding hydrogens is 576 g/mol. The van der Waals surface area contributed by atoms with Gasteiger partial charge in [-0.2, -0.15) is 0 Å². The van der Waals surface area contributed by atoms with E-state index in [0.29, 0.717) is 25.8 Å². The fourth-order valence-electron chi connectivity index (χ4n) is 3.72. The molecule has 0 radical (unpaired) electrons. The molecule has 2 amide bonds. The Morgan fingerprint density at radius 1 is 0.733 bits per heavy atom. The zero-order valence-electron chi connectivity index (χ0n) is 27.0. The maximum absolute atomic E-state index is 12.5. The number of hydrogen-bond donors (Lipinski definition) is 4. The Bertz CT molecular complexity index is 994. The Morgan fingerprint density at radius 2 is 1.31 bits per heavy atom. The van der Waals surface area contributed by atoms with Crippen LogP contribution in [0.1, 0.15) is 84.5 Å². The SMILES string of the molecule is CC/C=C\C/C=C\C/C=C\C/C=C\C/C=C\CCCC(=O)NCCCC[C@H](NC(=O)/C=C/C(=O)OCC)C(=O)OC(CO)CO. The van der Waals surface area contributed by atoms with Crippen LogP contribution in [0.2, 0.25) is 0 Å². The number of aliphatic hydroxyl groups excluding tert-OH is 2. The third-order valence-electron chi connectivity index (χ3n) is 6.12. The van der Waals surface area contributed by atoms with Crippen molar-refractivity contribution in [3.63, 3.8) is 0 Å². The summed E-state index contributed by atoms with van der Waals surface area (Å²) in [6.45, 7) is 3.19. The third kappa shape index (κ3) is 26.4. The van der Waals surface area contributed by atoms with Crippen molar-refractivity contribution < 1.29 is 38.9 Å². The van der Waals surface area contributed by atoms with Gasteiger partial charge in [-0.3, -0.25) is 9.59 Å². The Hall–Kier alpha value is -3.76. The molecule has 0 bridgehead atoms. The van der Waals surface area contributed by atoms with Crippen molar-refractivity contribution in [2.24, 2.45) is 0 Å². The topological polar surface area (TPSA) is 151 Å². The van der Waals surface area contributed by atoms with E-state index in [1.165, 1.54) is 0 Å². The fourth-order valence-corrected chi connectivity index (χ4v) is 3.72. The molecule has 0 heterocycles. The molecule has 1 atom stereocenters. The van der Waals surface area contributed by atoms with E-state index in [0.717, 1.165) is 57.1 Å². The quantitative estimate of drug-likeness (QED) is 0.0465. The van der Waals surface area contributed by atoms with Gasteiger partial charge in [-0.05, 0) is 71.1 Å². The summed E-state index contributed by atoms with van der Waals surface area (Å²) >= 11 is 0. The van der Waals surface area contributed by atoms with Crippen molar-refractivity contribution in [2.45, 2.75) is 96.6 Å². The first-order valence-electron chi connectivity index (χ1n) is 16.0. The van der Waals surface area contributed by atoms with Crippen molar-refractivity contribution in [1.29, 1.82) is 0 Å². The smallest absolute Gasteiger partial charge is 0.330 e. The summed E-state index contributed by atoms with van der Waals surface area (Å²) < 4.78 is 9.76. The summed E-state index contributed by atoms with van der Waals surface area (Å²) in [6.07, 6.45) is 30.3. The molecule has 252 valence electrons. The molecule has 4 N–H and O–H groups in total. The number of allylic oxidation sites excluding steroid dienone is 10. The van der Waals surface area contributed by atoms with Crippen LogP contribution in [0.4, 0.5) is 0 Å².